The maximum absolute atomic E-state index is 13.8. The van der Waals surface area contributed by atoms with E-state index in [1.54, 1.807) is 49.4 Å². The summed E-state index contributed by atoms with van der Waals surface area (Å²) in [5, 5.41) is 2.86. The molecule has 2 aromatic rings. The third-order valence-corrected chi connectivity index (χ3v) is 6.61. The van der Waals surface area contributed by atoms with Gasteiger partial charge in [0.2, 0.25) is 5.91 Å². The van der Waals surface area contributed by atoms with Gasteiger partial charge in [-0.25, -0.2) is 4.39 Å². The number of nitrogens with zero attached hydrogens (tertiary/aromatic N) is 2. The summed E-state index contributed by atoms with van der Waals surface area (Å²) in [6.07, 6.45) is 0.952. The number of nitrogens with one attached hydrogen (secondary N) is 1. The van der Waals surface area contributed by atoms with Crippen LogP contribution in [0.25, 0.3) is 0 Å². The Hall–Kier alpha value is -2.97. The largest absolute Gasteiger partial charge is 0.491 e. The smallest absolute Gasteiger partial charge is 0.257 e. The van der Waals surface area contributed by atoms with Crippen LogP contribution in [0.5, 0.6) is 5.75 Å². The van der Waals surface area contributed by atoms with Gasteiger partial charge in [0, 0.05) is 51.9 Å². The van der Waals surface area contributed by atoms with E-state index >= 15 is 0 Å². The van der Waals surface area contributed by atoms with Crippen molar-refractivity contribution in [3.63, 3.8) is 0 Å². The molecule has 7 nitrogen and oxygen atoms in total. The normalized spacial score (nSPS) is 21.7. The monoisotopic (exact) mass is 499 g/mol. The number of carbonyl (C=O) groups excluding carboxylic acids is 2. The van der Waals surface area contributed by atoms with E-state index in [0.717, 1.165) is 12.0 Å². The van der Waals surface area contributed by atoms with Gasteiger partial charge in [0.25, 0.3) is 5.91 Å². The van der Waals surface area contributed by atoms with E-state index in [-0.39, 0.29) is 35.7 Å². The fraction of sp³-hybridized carbons (Fsp3) is 0.500. The molecule has 0 unspecified atom stereocenters. The molecule has 36 heavy (non-hydrogen) atoms. The van der Waals surface area contributed by atoms with Crippen molar-refractivity contribution in [3.05, 3.63) is 59.4 Å². The Morgan fingerprint density at radius 2 is 1.97 bits per heavy atom. The zero-order valence-electron chi connectivity index (χ0n) is 21.9. The van der Waals surface area contributed by atoms with Crippen LogP contribution in [0.3, 0.4) is 0 Å². The van der Waals surface area contributed by atoms with Crippen LogP contribution in [0, 0.1) is 11.7 Å². The molecule has 2 aromatic carbocycles. The second-order valence-corrected chi connectivity index (χ2v) is 9.67. The number of carbonyl (C=O) groups is 2. The van der Waals surface area contributed by atoms with Crippen molar-refractivity contribution in [2.75, 3.05) is 39.2 Å². The number of likely N-dealkylation sites (N-methyl/N-ethyl adjacent to an activating group) is 1. The van der Waals surface area contributed by atoms with E-state index in [0.29, 0.717) is 49.7 Å². The molecular formula is C28H38FN3O4. The fourth-order valence-corrected chi connectivity index (χ4v) is 4.47. The van der Waals surface area contributed by atoms with Gasteiger partial charge in [0.05, 0.1) is 11.7 Å². The number of fused-ring (bicyclic) bond motifs is 1. The SMILES string of the molecule is CCCC(=O)Nc1ccc2c(c1)C(=O)N(C)C[C@H](OC)[C@H](C)CN(Cc1cccc(F)c1)[C@@H](C)CO2. The molecule has 3 rings (SSSR count). The number of hydrogen-bond donors (Lipinski definition) is 1. The van der Waals surface area contributed by atoms with Gasteiger partial charge in [-0.05, 0) is 55.2 Å². The lowest BCUT2D eigenvalue weighted by Gasteiger charge is -2.36. The van der Waals surface area contributed by atoms with Crippen LogP contribution < -0.4 is 10.1 Å². The third-order valence-electron chi connectivity index (χ3n) is 6.61. The second-order valence-electron chi connectivity index (χ2n) is 9.67. The summed E-state index contributed by atoms with van der Waals surface area (Å²) in [4.78, 5) is 29.4. The summed E-state index contributed by atoms with van der Waals surface area (Å²) in [5.41, 5.74) is 1.83. The molecule has 0 radical (unpaired) electrons. The fourth-order valence-electron chi connectivity index (χ4n) is 4.47. The van der Waals surface area contributed by atoms with E-state index in [2.05, 4.69) is 24.1 Å². The van der Waals surface area contributed by atoms with E-state index in [9.17, 15) is 14.0 Å². The van der Waals surface area contributed by atoms with Gasteiger partial charge in [-0.15, -0.1) is 0 Å². The average molecular weight is 500 g/mol. The van der Waals surface area contributed by atoms with Crippen molar-refractivity contribution in [2.45, 2.75) is 52.3 Å². The minimum Gasteiger partial charge on any atom is -0.491 e. The highest BCUT2D eigenvalue weighted by Crippen LogP contribution is 2.27. The minimum atomic E-state index is -0.260. The van der Waals surface area contributed by atoms with Crippen LogP contribution in [-0.2, 0) is 16.1 Å². The molecule has 1 heterocycles. The van der Waals surface area contributed by atoms with E-state index in [1.807, 2.05) is 13.0 Å². The first-order chi connectivity index (χ1) is 17.2. The van der Waals surface area contributed by atoms with Crippen molar-refractivity contribution in [3.8, 4) is 5.75 Å². The van der Waals surface area contributed by atoms with Crippen LogP contribution in [0.2, 0.25) is 0 Å². The Kier molecular flexibility index (Phi) is 9.84. The predicted octanol–water partition coefficient (Wildman–Crippen LogP) is 4.57. The van der Waals surface area contributed by atoms with Crippen molar-refractivity contribution >= 4 is 17.5 Å². The molecular weight excluding hydrogens is 461 g/mol. The average Bonchev–Trinajstić information content (AvgIpc) is 2.84. The van der Waals surface area contributed by atoms with Crippen LogP contribution in [-0.4, -0.2) is 67.6 Å². The molecule has 3 atom stereocenters. The summed E-state index contributed by atoms with van der Waals surface area (Å²) in [7, 11) is 3.40. The zero-order valence-corrected chi connectivity index (χ0v) is 21.9. The first kappa shape index (κ1) is 27.6. The lowest BCUT2D eigenvalue weighted by atomic mass is 10.0. The number of anilines is 1. The Labute approximate surface area is 213 Å². The molecule has 196 valence electrons. The Morgan fingerprint density at radius 3 is 2.67 bits per heavy atom. The number of halogens is 1. The number of rotatable bonds is 6. The molecule has 0 aromatic heterocycles. The zero-order chi connectivity index (χ0) is 26.2. The number of ether oxygens (including phenoxy) is 2. The Morgan fingerprint density at radius 1 is 1.19 bits per heavy atom. The summed E-state index contributed by atoms with van der Waals surface area (Å²) < 4.78 is 25.8. The highest BCUT2D eigenvalue weighted by Gasteiger charge is 2.28. The van der Waals surface area contributed by atoms with Crippen LogP contribution in [0.1, 0.15) is 49.5 Å². The van der Waals surface area contributed by atoms with Gasteiger partial charge in [0.1, 0.15) is 18.2 Å². The van der Waals surface area contributed by atoms with Gasteiger partial charge in [-0.3, -0.25) is 14.5 Å². The summed E-state index contributed by atoms with van der Waals surface area (Å²) in [6.45, 7) is 8.09. The second kappa shape index (κ2) is 12.8. The molecule has 1 N–H and O–H groups in total. The van der Waals surface area contributed by atoms with Crippen LogP contribution >= 0.6 is 0 Å². The van der Waals surface area contributed by atoms with Gasteiger partial charge in [-0.2, -0.15) is 0 Å². The number of benzene rings is 2. The molecule has 1 aliphatic rings. The molecule has 0 saturated heterocycles. The topological polar surface area (TPSA) is 71.1 Å². The van der Waals surface area contributed by atoms with Gasteiger partial charge in [0.15, 0.2) is 0 Å². The van der Waals surface area contributed by atoms with Crippen molar-refractivity contribution < 1.29 is 23.5 Å². The van der Waals surface area contributed by atoms with Crippen molar-refractivity contribution in [1.82, 2.24) is 9.80 Å². The molecule has 1 aliphatic heterocycles. The Bertz CT molecular complexity index is 1050. The lowest BCUT2D eigenvalue weighted by Crippen LogP contribution is -2.46. The van der Waals surface area contributed by atoms with Crippen molar-refractivity contribution in [2.24, 2.45) is 5.92 Å². The molecule has 0 aliphatic carbocycles. The number of amides is 2. The maximum atomic E-state index is 13.8. The van der Waals surface area contributed by atoms with Gasteiger partial charge in [-0.1, -0.05) is 26.0 Å². The van der Waals surface area contributed by atoms with E-state index < -0.39 is 0 Å². The standard InChI is InChI=1S/C28H38FN3O4/c1-6-8-27(33)30-23-11-12-25-24(14-23)28(34)31(4)17-26(35-5)19(2)15-32(20(3)18-36-25)16-21-9-7-10-22(29)13-21/h7,9-14,19-20,26H,6,8,15-18H2,1-5H3,(H,30,33)/t19-,20+,26+/m1/s1. The van der Waals surface area contributed by atoms with Gasteiger partial charge >= 0.3 is 0 Å². The van der Waals surface area contributed by atoms with Gasteiger partial charge < -0.3 is 19.7 Å². The van der Waals surface area contributed by atoms with E-state index in [4.69, 9.17) is 9.47 Å². The minimum absolute atomic E-state index is 0.0164. The molecule has 0 bridgehead atoms. The third kappa shape index (κ3) is 7.27. The summed E-state index contributed by atoms with van der Waals surface area (Å²) in [5.74, 6) is 0.00247. The maximum Gasteiger partial charge on any atom is 0.257 e. The van der Waals surface area contributed by atoms with E-state index in [1.165, 1.54) is 6.07 Å². The summed E-state index contributed by atoms with van der Waals surface area (Å²) in [6, 6.07) is 11.8. The Balaban J connectivity index is 1.92. The molecule has 2 amide bonds. The van der Waals surface area contributed by atoms with Crippen LogP contribution in [0.4, 0.5) is 10.1 Å². The molecule has 0 saturated carbocycles. The molecule has 8 heteroatoms. The molecule has 0 fully saturated rings. The van der Waals surface area contributed by atoms with Crippen molar-refractivity contribution in [1.29, 1.82) is 0 Å². The quantitative estimate of drug-likeness (QED) is 0.631. The van der Waals surface area contributed by atoms with Crippen LogP contribution in [0.15, 0.2) is 42.5 Å². The number of methoxy groups -OCH3 is 1. The molecule has 0 spiro atoms. The number of hydrogen-bond acceptors (Lipinski definition) is 5. The predicted molar refractivity (Wildman–Crippen MR) is 139 cm³/mol. The highest BCUT2D eigenvalue weighted by atomic mass is 19.1. The first-order valence-electron chi connectivity index (χ1n) is 12.5. The highest BCUT2D eigenvalue weighted by molar-refractivity contribution is 5.99. The lowest BCUT2D eigenvalue weighted by molar-refractivity contribution is -0.116. The first-order valence-corrected chi connectivity index (χ1v) is 12.5. The summed E-state index contributed by atoms with van der Waals surface area (Å²) >= 11 is 0.